The number of hydrogen-bond acceptors (Lipinski definition) is 3. The van der Waals surface area contributed by atoms with Crippen molar-refractivity contribution in [1.82, 2.24) is 4.90 Å². The molecule has 1 aliphatic heterocycles. The molecule has 2 aromatic carbocycles. The van der Waals surface area contributed by atoms with Gasteiger partial charge in [-0.15, -0.1) is 13.2 Å². The zero-order chi connectivity index (χ0) is 21.0. The highest BCUT2D eigenvalue weighted by molar-refractivity contribution is 5.92. The number of rotatable bonds is 6. The molecule has 2 aromatic rings. The van der Waals surface area contributed by atoms with E-state index in [-0.39, 0.29) is 5.75 Å². The van der Waals surface area contributed by atoms with Crippen LogP contribution in [0.4, 0.5) is 23.7 Å². The number of carboxylic acid groups (broad SMARTS) is 1. The maximum Gasteiger partial charge on any atom is 0.573 e. The van der Waals surface area contributed by atoms with Crippen LogP contribution in [-0.2, 0) is 0 Å². The summed E-state index contributed by atoms with van der Waals surface area (Å²) in [4.78, 5) is 15.5. The summed E-state index contributed by atoms with van der Waals surface area (Å²) in [6.45, 7) is 1.36. The molecule has 1 unspecified atom stereocenters. The fourth-order valence-electron chi connectivity index (χ4n) is 3.73. The van der Waals surface area contributed by atoms with E-state index in [0.29, 0.717) is 29.4 Å². The molecule has 1 N–H and O–H groups in total. The van der Waals surface area contributed by atoms with Crippen LogP contribution in [0, 0.1) is 0 Å². The molecule has 1 atom stereocenters. The fraction of sp³-hybridized carbons (Fsp3) is 0.381. The van der Waals surface area contributed by atoms with Crippen molar-refractivity contribution in [1.29, 1.82) is 0 Å². The van der Waals surface area contributed by atoms with Crippen molar-refractivity contribution in [2.24, 2.45) is 0 Å². The number of ether oxygens (including phenoxy) is 1. The van der Waals surface area contributed by atoms with Crippen LogP contribution in [0.2, 0.25) is 0 Å². The number of benzene rings is 2. The van der Waals surface area contributed by atoms with Gasteiger partial charge in [0.15, 0.2) is 0 Å². The van der Waals surface area contributed by atoms with Gasteiger partial charge in [0, 0.05) is 18.2 Å². The van der Waals surface area contributed by atoms with Crippen LogP contribution in [0.3, 0.4) is 0 Å². The van der Waals surface area contributed by atoms with E-state index in [0.717, 1.165) is 25.8 Å². The predicted molar refractivity (Wildman–Crippen MR) is 104 cm³/mol. The van der Waals surface area contributed by atoms with Gasteiger partial charge in [0.25, 0.3) is 0 Å². The second kappa shape index (κ2) is 8.73. The Labute approximate surface area is 167 Å². The first-order valence-corrected chi connectivity index (χ1v) is 9.40. The number of carbonyl (C=O) groups is 1. The van der Waals surface area contributed by atoms with Crippen LogP contribution in [-0.4, -0.2) is 48.6 Å². The molecular weight excluding hydrogens is 385 g/mol. The van der Waals surface area contributed by atoms with Crippen LogP contribution in [0.1, 0.15) is 19.3 Å². The Morgan fingerprint density at radius 1 is 1.21 bits per heavy atom. The number of likely N-dealkylation sites (tertiary alicyclic amines) is 1. The Morgan fingerprint density at radius 2 is 1.90 bits per heavy atom. The minimum atomic E-state index is -4.76. The van der Waals surface area contributed by atoms with E-state index < -0.39 is 12.5 Å². The molecule has 1 heterocycles. The minimum absolute atomic E-state index is 0.321. The number of nitrogens with zero attached hydrogens (tertiary/aromatic N) is 2. The smallest absolute Gasteiger partial charge is 0.465 e. The molecule has 1 aliphatic rings. The molecule has 156 valence electrons. The Kier molecular flexibility index (Phi) is 6.32. The van der Waals surface area contributed by atoms with E-state index in [4.69, 9.17) is 0 Å². The van der Waals surface area contributed by atoms with Crippen molar-refractivity contribution < 1.29 is 27.8 Å². The van der Waals surface area contributed by atoms with Crippen LogP contribution >= 0.6 is 0 Å². The zero-order valence-electron chi connectivity index (χ0n) is 16.0. The van der Waals surface area contributed by atoms with E-state index in [1.807, 2.05) is 7.05 Å². The van der Waals surface area contributed by atoms with Gasteiger partial charge in [-0.25, -0.2) is 4.79 Å². The summed E-state index contributed by atoms with van der Waals surface area (Å²) < 4.78 is 41.0. The van der Waals surface area contributed by atoms with E-state index in [1.165, 1.54) is 29.2 Å². The molecule has 1 amide bonds. The third kappa shape index (κ3) is 5.41. The van der Waals surface area contributed by atoms with E-state index in [1.54, 1.807) is 24.3 Å². The van der Waals surface area contributed by atoms with Crippen molar-refractivity contribution in [3.63, 3.8) is 0 Å². The average Bonchev–Trinajstić information content (AvgIpc) is 3.06. The van der Waals surface area contributed by atoms with Crippen LogP contribution in [0.5, 0.6) is 5.75 Å². The number of halogens is 3. The van der Waals surface area contributed by atoms with Gasteiger partial charge in [-0.3, -0.25) is 4.90 Å². The second-order valence-electron chi connectivity index (χ2n) is 7.09. The molecule has 0 bridgehead atoms. The number of hydrogen-bond donors (Lipinski definition) is 1. The molecule has 8 heteroatoms. The van der Waals surface area contributed by atoms with Gasteiger partial charge >= 0.3 is 12.5 Å². The zero-order valence-corrected chi connectivity index (χ0v) is 16.0. The predicted octanol–water partition coefficient (Wildman–Crippen LogP) is 5.22. The summed E-state index contributed by atoms with van der Waals surface area (Å²) in [6, 6.07) is 12.8. The number of alkyl halides is 3. The van der Waals surface area contributed by atoms with Gasteiger partial charge in [-0.05, 0) is 56.6 Å². The maximum absolute atomic E-state index is 12.4. The van der Waals surface area contributed by atoms with Gasteiger partial charge in [-0.2, -0.15) is 0 Å². The monoisotopic (exact) mass is 408 g/mol. The first kappa shape index (κ1) is 21.0. The summed E-state index contributed by atoms with van der Waals surface area (Å²) in [6.07, 6.45) is -2.94. The topological polar surface area (TPSA) is 53.0 Å². The molecule has 1 fully saturated rings. The van der Waals surface area contributed by atoms with Gasteiger partial charge in [0.2, 0.25) is 0 Å². The standard InChI is InChI=1S/C21H23F3N2O3/c1-25-13-4-5-16(25)12-14-26(20(27)28)19-7-3-2-6-18(19)15-8-10-17(11-9-15)29-21(22,23)24/h2-3,6-11,16H,4-5,12-14H2,1H3,(H,27,28). The van der Waals surface area contributed by atoms with Crippen molar-refractivity contribution in [3.05, 3.63) is 48.5 Å². The lowest BCUT2D eigenvalue weighted by Gasteiger charge is -2.26. The molecule has 0 aromatic heterocycles. The Morgan fingerprint density at radius 3 is 2.48 bits per heavy atom. The minimum Gasteiger partial charge on any atom is -0.465 e. The van der Waals surface area contributed by atoms with Crippen molar-refractivity contribution in [2.45, 2.75) is 31.7 Å². The Balaban J connectivity index is 1.83. The first-order chi connectivity index (χ1) is 13.7. The molecule has 0 saturated carbocycles. The van der Waals surface area contributed by atoms with Crippen molar-refractivity contribution in [2.75, 3.05) is 25.0 Å². The molecule has 0 radical (unpaired) electrons. The van der Waals surface area contributed by atoms with Gasteiger partial charge in [-0.1, -0.05) is 30.3 Å². The van der Waals surface area contributed by atoms with Gasteiger partial charge in [0.05, 0.1) is 5.69 Å². The van der Waals surface area contributed by atoms with E-state index >= 15 is 0 Å². The van der Waals surface area contributed by atoms with E-state index in [2.05, 4.69) is 9.64 Å². The summed E-state index contributed by atoms with van der Waals surface area (Å²) in [7, 11) is 2.04. The fourth-order valence-corrected chi connectivity index (χ4v) is 3.73. The number of para-hydroxylation sites is 1. The third-order valence-corrected chi connectivity index (χ3v) is 5.18. The molecule has 5 nitrogen and oxygen atoms in total. The summed E-state index contributed by atoms with van der Waals surface area (Å²) in [5, 5.41) is 9.78. The lowest BCUT2D eigenvalue weighted by atomic mass is 10.0. The van der Waals surface area contributed by atoms with Gasteiger partial charge < -0.3 is 14.7 Å². The lowest BCUT2D eigenvalue weighted by Crippen LogP contribution is -2.35. The average molecular weight is 408 g/mol. The first-order valence-electron chi connectivity index (χ1n) is 9.40. The summed E-state index contributed by atoms with van der Waals surface area (Å²) >= 11 is 0. The SMILES string of the molecule is CN1CCCC1CCN(C(=O)O)c1ccccc1-c1ccc(OC(F)(F)F)cc1. The summed E-state index contributed by atoms with van der Waals surface area (Å²) in [5.41, 5.74) is 1.75. The second-order valence-corrected chi connectivity index (χ2v) is 7.09. The molecule has 29 heavy (non-hydrogen) atoms. The molecule has 0 aliphatic carbocycles. The van der Waals surface area contributed by atoms with E-state index in [9.17, 15) is 23.1 Å². The molecular formula is C21H23F3N2O3. The normalized spacial score (nSPS) is 17.3. The molecule has 0 spiro atoms. The molecule has 3 rings (SSSR count). The highest BCUT2D eigenvalue weighted by atomic mass is 19.4. The molecule has 1 saturated heterocycles. The Hall–Kier alpha value is -2.74. The number of amides is 1. The largest absolute Gasteiger partial charge is 0.573 e. The lowest BCUT2D eigenvalue weighted by molar-refractivity contribution is -0.274. The quantitative estimate of drug-likeness (QED) is 0.712. The number of anilines is 1. The van der Waals surface area contributed by atoms with Crippen molar-refractivity contribution >= 4 is 11.8 Å². The third-order valence-electron chi connectivity index (χ3n) is 5.18. The van der Waals surface area contributed by atoms with Crippen LogP contribution in [0.15, 0.2) is 48.5 Å². The highest BCUT2D eigenvalue weighted by Gasteiger charge is 2.31. The maximum atomic E-state index is 12.4. The van der Waals surface area contributed by atoms with Crippen LogP contribution < -0.4 is 9.64 Å². The summed E-state index contributed by atoms with van der Waals surface area (Å²) in [5.74, 6) is -0.321. The highest BCUT2D eigenvalue weighted by Crippen LogP contribution is 2.33. The van der Waals surface area contributed by atoms with Gasteiger partial charge in [0.1, 0.15) is 5.75 Å². The van der Waals surface area contributed by atoms with Crippen LogP contribution in [0.25, 0.3) is 11.1 Å². The Bertz CT molecular complexity index is 840. The van der Waals surface area contributed by atoms with Crippen molar-refractivity contribution in [3.8, 4) is 16.9 Å².